The van der Waals surface area contributed by atoms with E-state index < -0.39 is 18.5 Å². The molecule has 0 amide bonds. The van der Waals surface area contributed by atoms with Gasteiger partial charge in [0.2, 0.25) is 0 Å². The van der Waals surface area contributed by atoms with Gasteiger partial charge in [-0.05, 0) is 27.6 Å². The summed E-state index contributed by atoms with van der Waals surface area (Å²) in [5.41, 5.74) is 5.85. The van der Waals surface area contributed by atoms with Gasteiger partial charge in [-0.25, -0.2) is 8.78 Å². The zero-order chi connectivity index (χ0) is 9.14. The monoisotopic (exact) mass is 271 g/mol. The molecule has 1 atom stereocenters. The highest BCUT2D eigenvalue weighted by molar-refractivity contribution is 9.10. The second kappa shape index (κ2) is 5.52. The molecule has 5 heteroatoms. The van der Waals surface area contributed by atoms with Crippen molar-refractivity contribution in [3.63, 3.8) is 0 Å². The molecule has 0 unspecified atom stereocenters. The molecule has 1 rings (SSSR count). The van der Waals surface area contributed by atoms with Gasteiger partial charge in [-0.15, -0.1) is 12.4 Å². The summed E-state index contributed by atoms with van der Waals surface area (Å²) in [7, 11) is 0. The summed E-state index contributed by atoms with van der Waals surface area (Å²) in [5.74, 6) is -0.420. The quantitative estimate of drug-likeness (QED) is 0.880. The molecule has 1 nitrogen and oxygen atoms in total. The number of hydrogen-bond acceptors (Lipinski definition) is 1. The summed E-state index contributed by atoms with van der Waals surface area (Å²) < 4.78 is 25.2. The molecule has 0 fully saturated rings. The maximum atomic E-state index is 12.9. The van der Waals surface area contributed by atoms with Crippen molar-refractivity contribution in [2.24, 2.45) is 5.73 Å². The van der Waals surface area contributed by atoms with Crippen LogP contribution in [-0.4, -0.2) is 6.67 Å². The van der Waals surface area contributed by atoms with E-state index >= 15 is 0 Å². The molecule has 0 aliphatic rings. The highest BCUT2D eigenvalue weighted by atomic mass is 79.9. The molecule has 0 aliphatic heterocycles. The van der Waals surface area contributed by atoms with Gasteiger partial charge < -0.3 is 5.73 Å². The fraction of sp³-hybridized carbons (Fsp3) is 0.250. The van der Waals surface area contributed by atoms with Gasteiger partial charge in [-0.2, -0.15) is 0 Å². The Morgan fingerprint density at radius 1 is 1.46 bits per heavy atom. The van der Waals surface area contributed by atoms with Gasteiger partial charge in [0.1, 0.15) is 12.5 Å². The summed E-state index contributed by atoms with van der Waals surface area (Å²) >= 11 is 3.00. The summed E-state index contributed by atoms with van der Waals surface area (Å²) in [4.78, 5) is 0. The van der Waals surface area contributed by atoms with Crippen molar-refractivity contribution in [2.75, 3.05) is 6.67 Å². The Bertz CT molecular complexity index is 283. The van der Waals surface area contributed by atoms with Gasteiger partial charge in [-0.3, -0.25) is 0 Å². The summed E-state index contributed by atoms with van der Waals surface area (Å²) in [6.45, 7) is -0.692. The third-order valence-electron chi connectivity index (χ3n) is 1.55. The lowest BCUT2D eigenvalue weighted by Gasteiger charge is -2.09. The first-order valence-corrected chi connectivity index (χ1v) is 4.21. The molecule has 2 N–H and O–H groups in total. The molecule has 0 saturated heterocycles. The van der Waals surface area contributed by atoms with Crippen LogP contribution in [0.15, 0.2) is 22.7 Å². The van der Waals surface area contributed by atoms with E-state index in [9.17, 15) is 8.78 Å². The molecule has 0 aromatic heterocycles. The smallest absolute Gasteiger partial charge is 0.137 e. The molecule has 1 aromatic rings. The van der Waals surface area contributed by atoms with Crippen molar-refractivity contribution in [2.45, 2.75) is 6.04 Å². The predicted octanol–water partition coefficient (Wildman–Crippen LogP) is 2.98. The van der Waals surface area contributed by atoms with Crippen LogP contribution in [0.25, 0.3) is 0 Å². The molecular weight excluding hydrogens is 263 g/mol. The topological polar surface area (TPSA) is 26.0 Å². The van der Waals surface area contributed by atoms with E-state index in [-0.39, 0.29) is 16.9 Å². The van der Waals surface area contributed by atoms with Crippen LogP contribution in [0.3, 0.4) is 0 Å². The molecule has 0 heterocycles. The highest BCUT2D eigenvalue weighted by Crippen LogP contribution is 2.24. The van der Waals surface area contributed by atoms with Crippen LogP contribution in [0.5, 0.6) is 0 Å². The van der Waals surface area contributed by atoms with E-state index in [0.717, 1.165) is 0 Å². The Hall–Kier alpha value is -0.190. The van der Waals surface area contributed by atoms with Crippen molar-refractivity contribution >= 4 is 28.3 Å². The average Bonchev–Trinajstić information content (AvgIpc) is 2.08. The summed E-state index contributed by atoms with van der Waals surface area (Å²) in [5, 5.41) is 0. The van der Waals surface area contributed by atoms with E-state index in [1.165, 1.54) is 12.1 Å². The largest absolute Gasteiger partial charge is 0.322 e. The molecule has 74 valence electrons. The second-order valence-corrected chi connectivity index (χ2v) is 3.20. The number of hydrogen-bond donors (Lipinski definition) is 1. The number of halogens is 4. The Balaban J connectivity index is 0.00000144. The zero-order valence-corrected chi connectivity index (χ0v) is 9.04. The minimum Gasteiger partial charge on any atom is -0.322 e. The van der Waals surface area contributed by atoms with Gasteiger partial charge in [0, 0.05) is 0 Å². The average molecular weight is 273 g/mol. The lowest BCUT2D eigenvalue weighted by Crippen LogP contribution is -2.13. The number of benzene rings is 1. The standard InChI is InChI=1S/C8H8BrF2N.ClH/c9-8-5(7(12)4-10)2-1-3-6(8)11;/h1-3,7H,4,12H2;1H/t7-;/m0./s1. The second-order valence-electron chi connectivity index (χ2n) is 2.40. The first kappa shape index (κ1) is 12.8. The normalized spacial score (nSPS) is 12.0. The van der Waals surface area contributed by atoms with E-state index in [2.05, 4.69) is 15.9 Å². The maximum Gasteiger partial charge on any atom is 0.137 e. The van der Waals surface area contributed by atoms with Crippen molar-refractivity contribution < 1.29 is 8.78 Å². The van der Waals surface area contributed by atoms with Crippen LogP contribution in [0.2, 0.25) is 0 Å². The van der Waals surface area contributed by atoms with Crippen LogP contribution in [0.1, 0.15) is 11.6 Å². The van der Waals surface area contributed by atoms with E-state index in [1.807, 2.05) is 0 Å². The highest BCUT2D eigenvalue weighted by Gasteiger charge is 2.11. The minimum atomic E-state index is -0.755. The van der Waals surface area contributed by atoms with Crippen molar-refractivity contribution in [1.82, 2.24) is 0 Å². The lowest BCUT2D eigenvalue weighted by atomic mass is 10.1. The SMILES string of the molecule is Cl.N[C@@H](CF)c1cccc(F)c1Br. The van der Waals surface area contributed by atoms with Crippen molar-refractivity contribution in [3.05, 3.63) is 34.1 Å². The van der Waals surface area contributed by atoms with Gasteiger partial charge in [0.05, 0.1) is 10.5 Å². The number of alkyl halides is 1. The molecule has 0 aliphatic carbocycles. The Morgan fingerprint density at radius 3 is 2.62 bits per heavy atom. The fourth-order valence-electron chi connectivity index (χ4n) is 0.890. The third-order valence-corrected chi connectivity index (χ3v) is 2.38. The number of rotatable bonds is 2. The van der Waals surface area contributed by atoms with Crippen molar-refractivity contribution in [3.8, 4) is 0 Å². The maximum absolute atomic E-state index is 12.9. The van der Waals surface area contributed by atoms with Gasteiger partial charge in [0.15, 0.2) is 0 Å². The van der Waals surface area contributed by atoms with Crippen LogP contribution in [-0.2, 0) is 0 Å². The summed E-state index contributed by atoms with van der Waals surface area (Å²) in [6.07, 6.45) is 0. The fourth-order valence-corrected chi connectivity index (χ4v) is 1.45. The molecule has 0 saturated carbocycles. The van der Waals surface area contributed by atoms with Crippen LogP contribution >= 0.6 is 28.3 Å². The zero-order valence-electron chi connectivity index (χ0n) is 6.64. The Kier molecular flexibility index (Phi) is 5.44. The van der Waals surface area contributed by atoms with Crippen LogP contribution in [0, 0.1) is 5.82 Å². The van der Waals surface area contributed by atoms with Crippen LogP contribution < -0.4 is 5.73 Å². The predicted molar refractivity (Wildman–Crippen MR) is 54.3 cm³/mol. The molecular formula is C8H9BrClF2N. The molecule has 0 radical (unpaired) electrons. The van der Waals surface area contributed by atoms with Crippen LogP contribution in [0.4, 0.5) is 8.78 Å². The Labute approximate surface area is 89.9 Å². The molecule has 0 bridgehead atoms. The first-order valence-electron chi connectivity index (χ1n) is 3.42. The Morgan fingerprint density at radius 2 is 2.08 bits per heavy atom. The van der Waals surface area contributed by atoms with Gasteiger partial charge >= 0.3 is 0 Å². The molecule has 1 aromatic carbocycles. The van der Waals surface area contributed by atoms with Crippen molar-refractivity contribution in [1.29, 1.82) is 0 Å². The van der Waals surface area contributed by atoms with E-state index in [0.29, 0.717) is 5.56 Å². The minimum absolute atomic E-state index is 0. The molecule has 13 heavy (non-hydrogen) atoms. The lowest BCUT2D eigenvalue weighted by molar-refractivity contribution is 0.435. The number of nitrogens with two attached hydrogens (primary N) is 1. The van der Waals surface area contributed by atoms with Gasteiger partial charge in [0.25, 0.3) is 0 Å². The first-order chi connectivity index (χ1) is 5.66. The van der Waals surface area contributed by atoms with Gasteiger partial charge in [-0.1, -0.05) is 12.1 Å². The third kappa shape index (κ3) is 2.90. The van der Waals surface area contributed by atoms with E-state index in [4.69, 9.17) is 5.73 Å². The van der Waals surface area contributed by atoms with E-state index in [1.54, 1.807) is 6.07 Å². The summed E-state index contributed by atoms with van der Waals surface area (Å²) in [6, 6.07) is 3.64. The molecule has 0 spiro atoms.